The highest BCUT2D eigenvalue weighted by atomic mass is 15.2. The fourth-order valence-electron chi connectivity index (χ4n) is 1.92. The van der Waals surface area contributed by atoms with Crippen molar-refractivity contribution in [2.45, 2.75) is 31.3 Å². The molecule has 66 valence electrons. The Bertz CT molecular complexity index is 192. The summed E-state index contributed by atoms with van der Waals surface area (Å²) in [4.78, 5) is 2.55. The zero-order valence-corrected chi connectivity index (χ0v) is 7.29. The Morgan fingerprint density at radius 1 is 1.42 bits per heavy atom. The molecule has 0 aromatic carbocycles. The Hall–Kier alpha value is -0.590. The van der Waals surface area contributed by atoms with Crippen molar-refractivity contribution < 1.29 is 0 Å². The Morgan fingerprint density at radius 3 is 2.92 bits per heavy atom. The van der Waals surface area contributed by atoms with Crippen molar-refractivity contribution in [3.8, 4) is 6.07 Å². The predicted molar refractivity (Wildman–Crippen MR) is 46.6 cm³/mol. The molecule has 0 aromatic heterocycles. The molecule has 0 amide bonds. The van der Waals surface area contributed by atoms with Crippen LogP contribution in [0.5, 0.6) is 0 Å². The van der Waals surface area contributed by atoms with Crippen LogP contribution < -0.4 is 5.32 Å². The molecule has 2 fully saturated rings. The first-order valence-electron chi connectivity index (χ1n) is 4.74. The average molecular weight is 165 g/mol. The normalized spacial score (nSPS) is 30.4. The molecule has 1 N–H and O–H groups in total. The van der Waals surface area contributed by atoms with E-state index in [1.807, 2.05) is 0 Å². The number of hydrogen-bond donors (Lipinski definition) is 1. The van der Waals surface area contributed by atoms with E-state index in [2.05, 4.69) is 16.3 Å². The molecule has 2 rings (SSSR count). The molecule has 1 aliphatic heterocycles. The molecule has 3 nitrogen and oxygen atoms in total. The van der Waals surface area contributed by atoms with E-state index >= 15 is 0 Å². The number of nitrogens with one attached hydrogen (secondary N) is 1. The minimum Gasteiger partial charge on any atom is -0.300 e. The lowest BCUT2D eigenvalue weighted by Gasteiger charge is -2.14. The lowest BCUT2D eigenvalue weighted by molar-refractivity contribution is 0.319. The second kappa shape index (κ2) is 3.42. The molecule has 0 bridgehead atoms. The lowest BCUT2D eigenvalue weighted by atomic mass is 10.3. The average Bonchev–Trinajstić information content (AvgIpc) is 2.83. The molecule has 1 heterocycles. The fraction of sp³-hybridized carbons (Fsp3) is 0.889. The summed E-state index contributed by atoms with van der Waals surface area (Å²) in [5.74, 6) is 0. The maximum Gasteiger partial charge on any atom is 0.0843 e. The van der Waals surface area contributed by atoms with Gasteiger partial charge in [0.2, 0.25) is 0 Å². The summed E-state index contributed by atoms with van der Waals surface area (Å²) in [7, 11) is 0. The number of hydrogen-bond acceptors (Lipinski definition) is 3. The molecule has 0 aromatic rings. The van der Waals surface area contributed by atoms with Crippen LogP contribution in [0.2, 0.25) is 0 Å². The molecular formula is C9H15N3. The van der Waals surface area contributed by atoms with Gasteiger partial charge in [-0.15, -0.1) is 0 Å². The minimum absolute atomic E-state index is 0.503. The van der Waals surface area contributed by atoms with Gasteiger partial charge in [0.25, 0.3) is 0 Å². The first-order chi connectivity index (χ1) is 5.90. The van der Waals surface area contributed by atoms with Crippen LogP contribution in [0.3, 0.4) is 0 Å². The standard InChI is InChI=1S/C9H15N3/c10-4-5-11-8-3-6-12(7-8)9-1-2-9/h8-9,11H,1-3,5-7H2. The van der Waals surface area contributed by atoms with Crippen LogP contribution in [0.1, 0.15) is 19.3 Å². The van der Waals surface area contributed by atoms with Crippen LogP contribution in [0.15, 0.2) is 0 Å². The van der Waals surface area contributed by atoms with Gasteiger partial charge in [0.1, 0.15) is 0 Å². The van der Waals surface area contributed by atoms with Crippen LogP contribution in [-0.4, -0.2) is 36.6 Å². The van der Waals surface area contributed by atoms with Crippen molar-refractivity contribution in [1.29, 1.82) is 5.26 Å². The molecule has 1 saturated carbocycles. The van der Waals surface area contributed by atoms with Gasteiger partial charge in [-0.3, -0.25) is 4.90 Å². The van der Waals surface area contributed by atoms with E-state index < -0.39 is 0 Å². The zero-order valence-electron chi connectivity index (χ0n) is 7.29. The molecule has 0 radical (unpaired) electrons. The monoisotopic (exact) mass is 165 g/mol. The maximum absolute atomic E-state index is 8.39. The lowest BCUT2D eigenvalue weighted by Crippen LogP contribution is -2.33. The third-order valence-electron chi connectivity index (χ3n) is 2.75. The SMILES string of the molecule is N#CCNC1CCN(C2CC2)C1. The predicted octanol–water partition coefficient (Wildman–Crippen LogP) is 0.336. The van der Waals surface area contributed by atoms with Crippen molar-refractivity contribution >= 4 is 0 Å². The highest BCUT2D eigenvalue weighted by molar-refractivity contribution is 4.92. The summed E-state index contributed by atoms with van der Waals surface area (Å²) in [6.07, 6.45) is 4.01. The molecule has 0 spiro atoms. The van der Waals surface area contributed by atoms with Gasteiger partial charge in [-0.1, -0.05) is 0 Å². The second-order valence-electron chi connectivity index (χ2n) is 3.75. The van der Waals surface area contributed by atoms with Crippen LogP contribution in [0.25, 0.3) is 0 Å². The van der Waals surface area contributed by atoms with Gasteiger partial charge in [0.15, 0.2) is 0 Å². The number of nitrogens with zero attached hydrogens (tertiary/aromatic N) is 2. The summed E-state index contributed by atoms with van der Waals surface area (Å²) >= 11 is 0. The Kier molecular flexibility index (Phi) is 2.29. The number of nitriles is 1. The van der Waals surface area contributed by atoms with Gasteiger partial charge in [0.05, 0.1) is 12.6 Å². The smallest absolute Gasteiger partial charge is 0.0843 e. The van der Waals surface area contributed by atoms with Gasteiger partial charge in [0, 0.05) is 25.2 Å². The molecule has 1 aliphatic carbocycles. The highest BCUT2D eigenvalue weighted by Crippen LogP contribution is 2.29. The summed E-state index contributed by atoms with van der Waals surface area (Å²) in [5, 5.41) is 11.6. The van der Waals surface area contributed by atoms with E-state index in [-0.39, 0.29) is 0 Å². The van der Waals surface area contributed by atoms with Gasteiger partial charge in [-0.2, -0.15) is 5.26 Å². The van der Waals surface area contributed by atoms with Gasteiger partial charge in [-0.05, 0) is 19.3 Å². The van der Waals surface area contributed by atoms with E-state index in [0.29, 0.717) is 12.6 Å². The first-order valence-corrected chi connectivity index (χ1v) is 4.74. The summed E-state index contributed by atoms with van der Waals surface area (Å²) in [6.45, 7) is 2.89. The maximum atomic E-state index is 8.39. The van der Waals surface area contributed by atoms with Crippen LogP contribution in [-0.2, 0) is 0 Å². The third-order valence-corrected chi connectivity index (χ3v) is 2.75. The van der Waals surface area contributed by atoms with Crippen LogP contribution in [0.4, 0.5) is 0 Å². The third kappa shape index (κ3) is 1.77. The van der Waals surface area contributed by atoms with Gasteiger partial charge in [-0.25, -0.2) is 0 Å². The Balaban J connectivity index is 1.71. The number of rotatable bonds is 3. The molecular weight excluding hydrogens is 150 g/mol. The Morgan fingerprint density at radius 2 is 2.25 bits per heavy atom. The largest absolute Gasteiger partial charge is 0.300 e. The zero-order chi connectivity index (χ0) is 8.39. The van der Waals surface area contributed by atoms with Crippen molar-refractivity contribution in [2.24, 2.45) is 0 Å². The molecule has 12 heavy (non-hydrogen) atoms. The van der Waals surface area contributed by atoms with E-state index in [9.17, 15) is 0 Å². The quantitative estimate of drug-likeness (QED) is 0.613. The molecule has 3 heteroatoms. The summed E-state index contributed by atoms with van der Waals surface area (Å²) in [5.41, 5.74) is 0. The molecule has 1 unspecified atom stereocenters. The van der Waals surface area contributed by atoms with E-state index in [1.54, 1.807) is 0 Å². The minimum atomic E-state index is 0.503. The van der Waals surface area contributed by atoms with E-state index in [1.165, 1.54) is 25.8 Å². The van der Waals surface area contributed by atoms with E-state index in [0.717, 1.165) is 12.6 Å². The van der Waals surface area contributed by atoms with Gasteiger partial charge >= 0.3 is 0 Å². The van der Waals surface area contributed by atoms with Crippen molar-refractivity contribution in [2.75, 3.05) is 19.6 Å². The number of likely N-dealkylation sites (tertiary alicyclic amines) is 1. The molecule has 1 atom stereocenters. The topological polar surface area (TPSA) is 39.1 Å². The Labute approximate surface area is 73.3 Å². The van der Waals surface area contributed by atoms with Gasteiger partial charge < -0.3 is 5.32 Å². The summed E-state index contributed by atoms with van der Waals surface area (Å²) < 4.78 is 0. The van der Waals surface area contributed by atoms with Crippen LogP contribution in [0, 0.1) is 11.3 Å². The van der Waals surface area contributed by atoms with Crippen molar-refractivity contribution in [3.05, 3.63) is 0 Å². The molecule has 1 saturated heterocycles. The van der Waals surface area contributed by atoms with E-state index in [4.69, 9.17) is 5.26 Å². The van der Waals surface area contributed by atoms with Crippen molar-refractivity contribution in [1.82, 2.24) is 10.2 Å². The fourth-order valence-corrected chi connectivity index (χ4v) is 1.92. The first kappa shape index (κ1) is 8.03. The summed E-state index contributed by atoms with van der Waals surface area (Å²) in [6, 6.07) is 3.59. The van der Waals surface area contributed by atoms with Crippen LogP contribution >= 0.6 is 0 Å². The highest BCUT2D eigenvalue weighted by Gasteiger charge is 2.33. The second-order valence-corrected chi connectivity index (χ2v) is 3.75. The molecule has 2 aliphatic rings. The van der Waals surface area contributed by atoms with Crippen molar-refractivity contribution in [3.63, 3.8) is 0 Å².